The summed E-state index contributed by atoms with van der Waals surface area (Å²) >= 11 is 3.50. The number of carbonyl (C=O) groups is 1. The zero-order valence-electron chi connectivity index (χ0n) is 13.1. The lowest BCUT2D eigenvalue weighted by Gasteiger charge is -2.40. The SMILES string of the molecule is CC(C)(C)C1CCC(C(=O)O)C(Cc2cccc(Br)c2)C1. The molecule has 1 aromatic rings. The number of aliphatic carboxylic acids is 1. The van der Waals surface area contributed by atoms with E-state index in [1.54, 1.807) is 0 Å². The molecular formula is C18H25BrO2. The van der Waals surface area contributed by atoms with Crippen LogP contribution in [0.15, 0.2) is 28.7 Å². The van der Waals surface area contributed by atoms with Gasteiger partial charge >= 0.3 is 5.97 Å². The Bertz CT molecular complexity index is 504. The molecule has 1 N–H and O–H groups in total. The minimum Gasteiger partial charge on any atom is -0.481 e. The third-order valence-electron chi connectivity index (χ3n) is 4.91. The van der Waals surface area contributed by atoms with Crippen LogP contribution in [0.4, 0.5) is 0 Å². The molecule has 0 radical (unpaired) electrons. The smallest absolute Gasteiger partial charge is 0.306 e. The quantitative estimate of drug-likeness (QED) is 0.815. The van der Waals surface area contributed by atoms with E-state index in [2.05, 4.69) is 48.8 Å². The van der Waals surface area contributed by atoms with Crippen molar-refractivity contribution in [3.63, 3.8) is 0 Å². The Morgan fingerprint density at radius 2 is 2.05 bits per heavy atom. The van der Waals surface area contributed by atoms with Crippen LogP contribution in [0.2, 0.25) is 0 Å². The predicted octanol–water partition coefficient (Wildman–Crippen LogP) is 5.15. The molecule has 2 rings (SSSR count). The largest absolute Gasteiger partial charge is 0.481 e. The van der Waals surface area contributed by atoms with Crippen molar-refractivity contribution in [1.29, 1.82) is 0 Å². The highest BCUT2D eigenvalue weighted by Crippen LogP contribution is 2.44. The number of benzene rings is 1. The summed E-state index contributed by atoms with van der Waals surface area (Å²) in [5.74, 6) is 0.0463. The van der Waals surface area contributed by atoms with E-state index in [4.69, 9.17) is 0 Å². The van der Waals surface area contributed by atoms with Crippen molar-refractivity contribution in [2.45, 2.75) is 46.5 Å². The molecule has 3 atom stereocenters. The number of halogens is 1. The zero-order chi connectivity index (χ0) is 15.6. The summed E-state index contributed by atoms with van der Waals surface area (Å²) in [7, 11) is 0. The molecule has 0 saturated heterocycles. The van der Waals surface area contributed by atoms with Gasteiger partial charge in [0.15, 0.2) is 0 Å². The van der Waals surface area contributed by atoms with E-state index in [-0.39, 0.29) is 17.3 Å². The fourth-order valence-corrected chi connectivity index (χ4v) is 4.01. The molecule has 1 aliphatic rings. The van der Waals surface area contributed by atoms with Gasteiger partial charge in [-0.2, -0.15) is 0 Å². The van der Waals surface area contributed by atoms with Gasteiger partial charge < -0.3 is 5.11 Å². The first-order valence-corrected chi connectivity index (χ1v) is 8.54. The Morgan fingerprint density at radius 1 is 1.33 bits per heavy atom. The first kappa shape index (κ1) is 16.5. The van der Waals surface area contributed by atoms with E-state index in [1.165, 1.54) is 5.56 Å². The third kappa shape index (κ3) is 4.32. The molecule has 1 aromatic carbocycles. The summed E-state index contributed by atoms with van der Waals surface area (Å²) in [6, 6.07) is 8.25. The maximum absolute atomic E-state index is 11.6. The van der Waals surface area contributed by atoms with E-state index in [0.717, 1.165) is 30.2 Å². The summed E-state index contributed by atoms with van der Waals surface area (Å²) < 4.78 is 1.06. The lowest BCUT2D eigenvalue weighted by Crippen LogP contribution is -2.36. The summed E-state index contributed by atoms with van der Waals surface area (Å²) in [6.45, 7) is 6.82. The number of hydrogen-bond donors (Lipinski definition) is 1. The van der Waals surface area contributed by atoms with Gasteiger partial charge in [-0.15, -0.1) is 0 Å². The van der Waals surface area contributed by atoms with Crippen LogP contribution >= 0.6 is 15.9 Å². The van der Waals surface area contributed by atoms with Crippen LogP contribution in [0.25, 0.3) is 0 Å². The fraction of sp³-hybridized carbons (Fsp3) is 0.611. The molecule has 0 heterocycles. The molecule has 1 aliphatic carbocycles. The Labute approximate surface area is 136 Å². The Balaban J connectivity index is 2.16. The lowest BCUT2D eigenvalue weighted by atomic mass is 9.64. The number of carboxylic acids is 1. The van der Waals surface area contributed by atoms with Crippen molar-refractivity contribution in [2.75, 3.05) is 0 Å². The summed E-state index contributed by atoms with van der Waals surface area (Å²) in [5.41, 5.74) is 1.49. The van der Waals surface area contributed by atoms with Crippen molar-refractivity contribution in [2.24, 2.45) is 23.2 Å². The van der Waals surface area contributed by atoms with Gasteiger partial charge in [-0.1, -0.05) is 48.8 Å². The lowest BCUT2D eigenvalue weighted by molar-refractivity contribution is -0.146. The van der Waals surface area contributed by atoms with E-state index in [9.17, 15) is 9.90 Å². The minimum absolute atomic E-state index is 0.192. The van der Waals surface area contributed by atoms with Crippen molar-refractivity contribution in [3.05, 3.63) is 34.3 Å². The first-order chi connectivity index (χ1) is 9.77. The maximum atomic E-state index is 11.6. The van der Waals surface area contributed by atoms with Gasteiger partial charge in [-0.05, 0) is 60.6 Å². The van der Waals surface area contributed by atoms with Crippen molar-refractivity contribution in [3.8, 4) is 0 Å². The summed E-state index contributed by atoms with van der Waals surface area (Å²) in [6.07, 6.45) is 3.74. The summed E-state index contributed by atoms with van der Waals surface area (Å²) in [5, 5.41) is 9.52. The van der Waals surface area contributed by atoms with E-state index < -0.39 is 5.97 Å². The predicted molar refractivity (Wildman–Crippen MR) is 89.3 cm³/mol. The molecule has 0 aromatic heterocycles. The second kappa shape index (κ2) is 6.51. The van der Waals surface area contributed by atoms with Crippen LogP contribution in [0.1, 0.15) is 45.6 Å². The Kier molecular flexibility index (Phi) is 5.13. The maximum Gasteiger partial charge on any atom is 0.306 e. The highest BCUT2D eigenvalue weighted by molar-refractivity contribution is 9.10. The van der Waals surface area contributed by atoms with E-state index >= 15 is 0 Å². The highest BCUT2D eigenvalue weighted by Gasteiger charge is 2.38. The molecule has 3 unspecified atom stereocenters. The van der Waals surface area contributed by atoms with Gasteiger partial charge in [0.25, 0.3) is 0 Å². The topological polar surface area (TPSA) is 37.3 Å². The molecular weight excluding hydrogens is 328 g/mol. The van der Waals surface area contributed by atoms with Gasteiger partial charge in [-0.25, -0.2) is 0 Å². The number of carboxylic acid groups (broad SMARTS) is 1. The standard InChI is InChI=1S/C18H25BrO2/c1-18(2,3)14-7-8-16(17(20)21)13(11-14)9-12-5-4-6-15(19)10-12/h4-6,10,13-14,16H,7-9,11H2,1-3H3,(H,20,21). The molecule has 0 bridgehead atoms. The van der Waals surface area contributed by atoms with Gasteiger partial charge in [0.1, 0.15) is 0 Å². The monoisotopic (exact) mass is 352 g/mol. The second-order valence-electron chi connectivity index (χ2n) is 7.41. The van der Waals surface area contributed by atoms with E-state index in [1.807, 2.05) is 12.1 Å². The average molecular weight is 353 g/mol. The molecule has 0 amide bonds. The van der Waals surface area contributed by atoms with Gasteiger partial charge in [-0.3, -0.25) is 4.79 Å². The van der Waals surface area contributed by atoms with Gasteiger partial charge in [0.2, 0.25) is 0 Å². The van der Waals surface area contributed by atoms with E-state index in [0.29, 0.717) is 5.92 Å². The van der Waals surface area contributed by atoms with Crippen LogP contribution in [0, 0.1) is 23.2 Å². The Hall–Kier alpha value is -0.830. The van der Waals surface area contributed by atoms with Crippen LogP contribution in [-0.4, -0.2) is 11.1 Å². The molecule has 116 valence electrons. The van der Waals surface area contributed by atoms with Crippen LogP contribution < -0.4 is 0 Å². The highest BCUT2D eigenvalue weighted by atomic mass is 79.9. The zero-order valence-corrected chi connectivity index (χ0v) is 14.7. The van der Waals surface area contributed by atoms with Crippen LogP contribution in [0.3, 0.4) is 0 Å². The van der Waals surface area contributed by atoms with Crippen molar-refractivity contribution >= 4 is 21.9 Å². The molecule has 0 aliphatic heterocycles. The third-order valence-corrected chi connectivity index (χ3v) is 5.40. The molecule has 21 heavy (non-hydrogen) atoms. The average Bonchev–Trinajstić information content (AvgIpc) is 2.37. The van der Waals surface area contributed by atoms with Gasteiger partial charge in [0.05, 0.1) is 5.92 Å². The molecule has 3 heteroatoms. The second-order valence-corrected chi connectivity index (χ2v) is 8.33. The van der Waals surface area contributed by atoms with Crippen molar-refractivity contribution in [1.82, 2.24) is 0 Å². The normalized spacial score (nSPS) is 26.6. The number of hydrogen-bond acceptors (Lipinski definition) is 1. The number of rotatable bonds is 3. The van der Waals surface area contributed by atoms with Crippen LogP contribution in [0.5, 0.6) is 0 Å². The van der Waals surface area contributed by atoms with Crippen LogP contribution in [-0.2, 0) is 11.2 Å². The molecule has 1 saturated carbocycles. The fourth-order valence-electron chi connectivity index (χ4n) is 3.57. The first-order valence-electron chi connectivity index (χ1n) is 7.74. The molecule has 1 fully saturated rings. The van der Waals surface area contributed by atoms with Gasteiger partial charge in [0, 0.05) is 4.47 Å². The molecule has 0 spiro atoms. The Morgan fingerprint density at radius 3 is 2.62 bits per heavy atom. The van der Waals surface area contributed by atoms with Crippen molar-refractivity contribution < 1.29 is 9.90 Å². The summed E-state index contributed by atoms with van der Waals surface area (Å²) in [4.78, 5) is 11.6. The minimum atomic E-state index is -0.623. The molecule has 2 nitrogen and oxygen atoms in total.